The van der Waals surface area contributed by atoms with Crippen LogP contribution in [0.2, 0.25) is 0 Å². The molecule has 1 aromatic rings. The van der Waals surface area contributed by atoms with E-state index in [1.807, 2.05) is 19.1 Å². The number of carbonyl (C=O) groups is 2. The van der Waals surface area contributed by atoms with Gasteiger partial charge in [-0.15, -0.1) is 0 Å². The molecular weight excluding hydrogens is 270 g/mol. The molecule has 21 heavy (non-hydrogen) atoms. The number of urea groups is 1. The summed E-state index contributed by atoms with van der Waals surface area (Å²) >= 11 is 0. The van der Waals surface area contributed by atoms with E-state index >= 15 is 0 Å². The largest absolute Gasteiger partial charge is 0.481 e. The first-order chi connectivity index (χ1) is 9.92. The summed E-state index contributed by atoms with van der Waals surface area (Å²) < 4.78 is 0. The summed E-state index contributed by atoms with van der Waals surface area (Å²) in [6.07, 6.45) is 3.82. The van der Waals surface area contributed by atoms with Crippen molar-refractivity contribution in [1.82, 2.24) is 15.2 Å². The molecule has 116 valence electrons. The number of carboxylic acids is 1. The average molecular weight is 293 g/mol. The highest BCUT2D eigenvalue weighted by Gasteiger charge is 2.31. The fraction of sp³-hybridized carbons (Fsp3) is 0.533. The summed E-state index contributed by atoms with van der Waals surface area (Å²) in [7, 11) is 0. The van der Waals surface area contributed by atoms with Crippen molar-refractivity contribution < 1.29 is 14.7 Å². The molecular formula is C15H23N3O3. The van der Waals surface area contributed by atoms with Crippen LogP contribution in [-0.4, -0.2) is 40.1 Å². The normalized spacial score (nSPS) is 13.3. The van der Waals surface area contributed by atoms with Gasteiger partial charge >= 0.3 is 12.0 Å². The van der Waals surface area contributed by atoms with Crippen LogP contribution < -0.4 is 5.32 Å². The van der Waals surface area contributed by atoms with Gasteiger partial charge < -0.3 is 15.3 Å². The quantitative estimate of drug-likeness (QED) is 0.806. The van der Waals surface area contributed by atoms with Crippen molar-refractivity contribution in [2.24, 2.45) is 5.41 Å². The van der Waals surface area contributed by atoms with Crippen LogP contribution in [0, 0.1) is 5.41 Å². The first kappa shape index (κ1) is 16.9. The minimum atomic E-state index is -0.939. The summed E-state index contributed by atoms with van der Waals surface area (Å²) in [6, 6.07) is 3.45. The molecule has 0 saturated carbocycles. The van der Waals surface area contributed by atoms with Gasteiger partial charge in [-0.05, 0) is 38.0 Å². The van der Waals surface area contributed by atoms with Gasteiger partial charge in [0.15, 0.2) is 0 Å². The van der Waals surface area contributed by atoms with Gasteiger partial charge in [0.05, 0.1) is 5.41 Å². The van der Waals surface area contributed by atoms with Crippen LogP contribution in [0.1, 0.15) is 32.8 Å². The topological polar surface area (TPSA) is 82.5 Å². The molecule has 0 radical (unpaired) electrons. The molecule has 0 saturated heterocycles. The lowest BCUT2D eigenvalue weighted by Gasteiger charge is -2.26. The van der Waals surface area contributed by atoms with Gasteiger partial charge in [0.1, 0.15) is 0 Å². The first-order valence-electron chi connectivity index (χ1n) is 7.08. The van der Waals surface area contributed by atoms with Gasteiger partial charge in [-0.2, -0.15) is 0 Å². The summed E-state index contributed by atoms with van der Waals surface area (Å²) in [5.41, 5.74) is 0.0460. The smallest absolute Gasteiger partial charge is 0.317 e. The second-order valence-corrected chi connectivity index (χ2v) is 5.25. The molecule has 0 fully saturated rings. The van der Waals surface area contributed by atoms with E-state index in [9.17, 15) is 14.7 Å². The third-order valence-corrected chi connectivity index (χ3v) is 3.72. The molecule has 1 unspecified atom stereocenters. The zero-order chi connectivity index (χ0) is 15.9. The zero-order valence-corrected chi connectivity index (χ0v) is 12.8. The Hall–Kier alpha value is -2.11. The molecule has 0 aliphatic carbocycles. The number of amides is 2. The maximum atomic E-state index is 12.2. The van der Waals surface area contributed by atoms with E-state index in [2.05, 4.69) is 10.3 Å². The Morgan fingerprint density at radius 3 is 2.43 bits per heavy atom. The third-order valence-electron chi connectivity index (χ3n) is 3.72. The second kappa shape index (κ2) is 7.61. The average Bonchev–Trinajstić information content (AvgIpc) is 2.50. The highest BCUT2D eigenvalue weighted by Crippen LogP contribution is 2.20. The van der Waals surface area contributed by atoms with Gasteiger partial charge in [0.25, 0.3) is 0 Å². The van der Waals surface area contributed by atoms with E-state index in [1.54, 1.807) is 31.1 Å². The summed E-state index contributed by atoms with van der Waals surface area (Å²) in [5, 5.41) is 11.9. The fourth-order valence-corrected chi connectivity index (χ4v) is 1.77. The Balaban J connectivity index is 2.62. The van der Waals surface area contributed by atoms with Crippen molar-refractivity contribution in [1.29, 1.82) is 0 Å². The molecule has 2 amide bonds. The van der Waals surface area contributed by atoms with Gasteiger partial charge in [0.2, 0.25) is 0 Å². The molecule has 2 N–H and O–H groups in total. The lowest BCUT2D eigenvalue weighted by Crippen LogP contribution is -2.46. The van der Waals surface area contributed by atoms with Crippen molar-refractivity contribution >= 4 is 12.0 Å². The van der Waals surface area contributed by atoms with Crippen LogP contribution >= 0.6 is 0 Å². The number of carboxylic acid groups (broad SMARTS) is 1. The lowest BCUT2D eigenvalue weighted by molar-refractivity contribution is -0.147. The van der Waals surface area contributed by atoms with Gasteiger partial charge in [-0.1, -0.05) is 6.92 Å². The van der Waals surface area contributed by atoms with Crippen LogP contribution in [0.15, 0.2) is 24.5 Å². The van der Waals surface area contributed by atoms with Gasteiger partial charge in [0, 0.05) is 32.0 Å². The van der Waals surface area contributed by atoms with E-state index in [0.29, 0.717) is 19.5 Å². The van der Waals surface area contributed by atoms with E-state index in [-0.39, 0.29) is 12.6 Å². The molecule has 1 atom stereocenters. The van der Waals surface area contributed by atoms with Crippen LogP contribution in [0.3, 0.4) is 0 Å². The molecule has 0 aliphatic rings. The maximum absolute atomic E-state index is 12.2. The minimum absolute atomic E-state index is 0.116. The number of nitrogens with one attached hydrogen (secondary N) is 1. The minimum Gasteiger partial charge on any atom is -0.481 e. The Morgan fingerprint density at radius 1 is 1.33 bits per heavy atom. The van der Waals surface area contributed by atoms with Crippen LogP contribution in [-0.2, 0) is 11.3 Å². The lowest BCUT2D eigenvalue weighted by atomic mass is 9.88. The molecule has 1 aromatic heterocycles. The number of carbonyl (C=O) groups excluding carboxylic acids is 1. The van der Waals surface area contributed by atoms with Crippen molar-refractivity contribution in [3.8, 4) is 0 Å². The maximum Gasteiger partial charge on any atom is 0.317 e. The third kappa shape index (κ3) is 4.73. The van der Waals surface area contributed by atoms with Crippen molar-refractivity contribution in [2.75, 3.05) is 13.1 Å². The zero-order valence-electron chi connectivity index (χ0n) is 12.8. The molecule has 0 spiro atoms. The monoisotopic (exact) mass is 293 g/mol. The highest BCUT2D eigenvalue weighted by molar-refractivity contribution is 5.77. The Morgan fingerprint density at radius 2 is 1.95 bits per heavy atom. The first-order valence-corrected chi connectivity index (χ1v) is 7.08. The number of hydrogen-bond donors (Lipinski definition) is 2. The second-order valence-electron chi connectivity index (χ2n) is 5.25. The van der Waals surface area contributed by atoms with E-state index in [1.165, 1.54) is 0 Å². The molecule has 1 heterocycles. The van der Waals surface area contributed by atoms with E-state index < -0.39 is 11.4 Å². The van der Waals surface area contributed by atoms with Crippen LogP contribution in [0.25, 0.3) is 0 Å². The Kier molecular flexibility index (Phi) is 6.14. The number of rotatable bonds is 7. The number of hydrogen-bond acceptors (Lipinski definition) is 3. The summed E-state index contributed by atoms with van der Waals surface area (Å²) in [6.45, 7) is 6.45. The standard InChI is InChI=1S/C15H23N3O3/c1-4-15(3,13(19)20)11-17-14(21)18(5-2)10-12-6-8-16-9-7-12/h6-9H,4-5,10-11H2,1-3H3,(H,17,21)(H,19,20). The molecule has 0 aromatic carbocycles. The number of aromatic nitrogens is 1. The summed E-state index contributed by atoms with van der Waals surface area (Å²) in [5.74, 6) is -0.900. The molecule has 1 rings (SSSR count). The number of aliphatic carboxylic acids is 1. The predicted octanol–water partition coefficient (Wildman–Crippen LogP) is 2.11. The summed E-state index contributed by atoms with van der Waals surface area (Å²) in [4.78, 5) is 29.0. The van der Waals surface area contributed by atoms with Crippen LogP contribution in [0.5, 0.6) is 0 Å². The molecule has 6 heteroatoms. The van der Waals surface area contributed by atoms with Crippen molar-refractivity contribution in [3.63, 3.8) is 0 Å². The van der Waals surface area contributed by atoms with Crippen molar-refractivity contribution in [3.05, 3.63) is 30.1 Å². The van der Waals surface area contributed by atoms with E-state index in [4.69, 9.17) is 0 Å². The fourth-order valence-electron chi connectivity index (χ4n) is 1.77. The SMILES string of the molecule is CCN(Cc1ccncc1)C(=O)NCC(C)(CC)C(=O)O. The number of nitrogens with zero attached hydrogens (tertiary/aromatic N) is 2. The molecule has 0 bridgehead atoms. The van der Waals surface area contributed by atoms with Gasteiger partial charge in [-0.25, -0.2) is 4.79 Å². The highest BCUT2D eigenvalue weighted by atomic mass is 16.4. The van der Waals surface area contributed by atoms with E-state index in [0.717, 1.165) is 5.56 Å². The van der Waals surface area contributed by atoms with Crippen molar-refractivity contribution in [2.45, 2.75) is 33.7 Å². The van der Waals surface area contributed by atoms with Crippen LogP contribution in [0.4, 0.5) is 4.79 Å². The molecule has 0 aliphatic heterocycles. The number of pyridine rings is 1. The van der Waals surface area contributed by atoms with Gasteiger partial charge in [-0.3, -0.25) is 9.78 Å². The predicted molar refractivity (Wildman–Crippen MR) is 79.8 cm³/mol. The molecule has 6 nitrogen and oxygen atoms in total. The Bertz CT molecular complexity index is 478. The Labute approximate surface area is 125 Å².